The van der Waals surface area contributed by atoms with Crippen LogP contribution in [0.2, 0.25) is 0 Å². The van der Waals surface area contributed by atoms with Crippen molar-refractivity contribution in [3.63, 3.8) is 0 Å². The first-order valence-electron chi connectivity index (χ1n) is 6.54. The highest BCUT2D eigenvalue weighted by molar-refractivity contribution is 5.83. The first-order chi connectivity index (χ1) is 9.54. The van der Waals surface area contributed by atoms with Crippen LogP contribution in [0.25, 0.3) is 0 Å². The van der Waals surface area contributed by atoms with E-state index >= 15 is 0 Å². The van der Waals surface area contributed by atoms with Gasteiger partial charge in [-0.3, -0.25) is 0 Å². The van der Waals surface area contributed by atoms with Crippen molar-refractivity contribution < 1.29 is 9.53 Å². The first-order valence-corrected chi connectivity index (χ1v) is 6.54. The minimum atomic E-state index is -0.444. The quantitative estimate of drug-likeness (QED) is 0.473. The van der Waals surface area contributed by atoms with Crippen molar-refractivity contribution in [2.75, 3.05) is 0 Å². The van der Waals surface area contributed by atoms with Crippen molar-refractivity contribution >= 4 is 5.97 Å². The van der Waals surface area contributed by atoms with E-state index in [9.17, 15) is 4.79 Å². The van der Waals surface area contributed by atoms with E-state index in [0.29, 0.717) is 5.75 Å². The number of carbonyl (C=O) groups excluding carboxylic acids is 1. The van der Waals surface area contributed by atoms with Gasteiger partial charge in [0.05, 0.1) is 0 Å². The van der Waals surface area contributed by atoms with Gasteiger partial charge in [0, 0.05) is 11.5 Å². The lowest BCUT2D eigenvalue weighted by Crippen LogP contribution is -2.18. The van der Waals surface area contributed by atoms with Crippen molar-refractivity contribution in [3.05, 3.63) is 78.4 Å². The lowest BCUT2D eigenvalue weighted by molar-refractivity contribution is -0.128. The van der Waals surface area contributed by atoms with Crippen LogP contribution in [0.5, 0.6) is 5.75 Å². The van der Waals surface area contributed by atoms with Crippen LogP contribution in [0.1, 0.15) is 25.0 Å². The number of hydrogen-bond donors (Lipinski definition) is 0. The standard InChI is InChI=1S/C18H18O2/c1-4-17(19)20-16-12-10-15(11-13-16)18(2,3)14-8-6-5-7-9-14/h4-13H,1H2,2-3H3. The van der Waals surface area contributed by atoms with Crippen LogP contribution in [0.4, 0.5) is 0 Å². The molecular formula is C18H18O2. The Morgan fingerprint density at radius 3 is 2.10 bits per heavy atom. The highest BCUT2D eigenvalue weighted by Gasteiger charge is 2.22. The fourth-order valence-electron chi connectivity index (χ4n) is 2.12. The van der Waals surface area contributed by atoms with E-state index in [2.05, 4.69) is 32.6 Å². The molecule has 2 aromatic carbocycles. The summed E-state index contributed by atoms with van der Waals surface area (Å²) in [5.74, 6) is 0.0857. The molecule has 0 aliphatic rings. The van der Waals surface area contributed by atoms with Crippen LogP contribution in [-0.2, 0) is 10.2 Å². The minimum Gasteiger partial charge on any atom is -0.423 e. The molecule has 0 aromatic heterocycles. The van der Waals surface area contributed by atoms with Gasteiger partial charge in [0.1, 0.15) is 5.75 Å². The molecule has 0 heterocycles. The molecule has 0 unspecified atom stereocenters. The topological polar surface area (TPSA) is 26.3 Å². The third kappa shape index (κ3) is 2.97. The Morgan fingerprint density at radius 1 is 1.00 bits per heavy atom. The zero-order valence-electron chi connectivity index (χ0n) is 11.8. The van der Waals surface area contributed by atoms with E-state index in [1.807, 2.05) is 30.3 Å². The summed E-state index contributed by atoms with van der Waals surface area (Å²) < 4.78 is 5.08. The van der Waals surface area contributed by atoms with Crippen LogP contribution < -0.4 is 4.74 Å². The number of rotatable bonds is 4. The second-order valence-corrected chi connectivity index (χ2v) is 5.14. The number of benzene rings is 2. The van der Waals surface area contributed by atoms with Gasteiger partial charge in [0.25, 0.3) is 0 Å². The Hall–Kier alpha value is -2.35. The molecule has 0 saturated carbocycles. The Balaban J connectivity index is 2.25. The molecule has 0 N–H and O–H groups in total. The fourth-order valence-corrected chi connectivity index (χ4v) is 2.12. The number of hydrogen-bond acceptors (Lipinski definition) is 2. The van der Waals surface area contributed by atoms with Crippen molar-refractivity contribution in [2.24, 2.45) is 0 Å². The summed E-state index contributed by atoms with van der Waals surface area (Å²) in [5.41, 5.74) is 2.32. The molecule has 0 saturated heterocycles. The Labute approximate surface area is 119 Å². The second kappa shape index (κ2) is 5.74. The van der Waals surface area contributed by atoms with E-state index in [4.69, 9.17) is 4.74 Å². The zero-order valence-corrected chi connectivity index (χ0v) is 11.8. The Kier molecular flexibility index (Phi) is 4.04. The minimum absolute atomic E-state index is 0.0950. The third-order valence-corrected chi connectivity index (χ3v) is 3.46. The average Bonchev–Trinajstić information content (AvgIpc) is 2.48. The SMILES string of the molecule is C=CC(=O)Oc1ccc(C(C)(C)c2ccccc2)cc1. The molecule has 20 heavy (non-hydrogen) atoms. The molecule has 2 aromatic rings. The Bertz CT molecular complexity index is 595. The van der Waals surface area contributed by atoms with Crippen LogP contribution in [-0.4, -0.2) is 5.97 Å². The lowest BCUT2D eigenvalue weighted by atomic mass is 9.78. The van der Waals surface area contributed by atoms with Crippen molar-refractivity contribution in [1.29, 1.82) is 0 Å². The Morgan fingerprint density at radius 2 is 1.55 bits per heavy atom. The van der Waals surface area contributed by atoms with E-state index in [-0.39, 0.29) is 5.41 Å². The summed E-state index contributed by atoms with van der Waals surface area (Å²) in [6, 6.07) is 17.9. The van der Waals surface area contributed by atoms with Crippen LogP contribution in [0.3, 0.4) is 0 Å². The molecule has 0 spiro atoms. The second-order valence-electron chi connectivity index (χ2n) is 5.14. The summed E-state index contributed by atoms with van der Waals surface area (Å²) >= 11 is 0. The first kappa shape index (κ1) is 14.1. The molecule has 0 aliphatic heterocycles. The maximum absolute atomic E-state index is 11.1. The monoisotopic (exact) mass is 266 g/mol. The molecular weight excluding hydrogens is 248 g/mol. The summed E-state index contributed by atoms with van der Waals surface area (Å²) in [5, 5.41) is 0. The van der Waals surface area contributed by atoms with Crippen LogP contribution in [0.15, 0.2) is 67.3 Å². The van der Waals surface area contributed by atoms with Crippen molar-refractivity contribution in [1.82, 2.24) is 0 Å². The molecule has 0 atom stereocenters. The molecule has 2 nitrogen and oxygen atoms in total. The smallest absolute Gasteiger partial charge is 0.335 e. The van der Waals surface area contributed by atoms with E-state index in [1.165, 1.54) is 11.1 Å². The van der Waals surface area contributed by atoms with Gasteiger partial charge in [-0.1, -0.05) is 62.9 Å². The highest BCUT2D eigenvalue weighted by Crippen LogP contribution is 2.32. The number of carbonyl (C=O) groups is 1. The zero-order chi connectivity index (χ0) is 14.6. The average molecular weight is 266 g/mol. The van der Waals surface area contributed by atoms with Gasteiger partial charge in [-0.05, 0) is 23.3 Å². The molecule has 0 radical (unpaired) electrons. The lowest BCUT2D eigenvalue weighted by Gasteiger charge is -2.26. The fraction of sp³-hybridized carbons (Fsp3) is 0.167. The van der Waals surface area contributed by atoms with Gasteiger partial charge < -0.3 is 4.74 Å². The predicted molar refractivity (Wildman–Crippen MR) is 80.8 cm³/mol. The van der Waals surface area contributed by atoms with Gasteiger partial charge >= 0.3 is 5.97 Å². The maximum Gasteiger partial charge on any atom is 0.335 e. The van der Waals surface area contributed by atoms with Gasteiger partial charge in [-0.15, -0.1) is 0 Å². The third-order valence-electron chi connectivity index (χ3n) is 3.46. The predicted octanol–water partition coefficient (Wildman–Crippen LogP) is 4.10. The molecule has 0 fully saturated rings. The summed E-state index contributed by atoms with van der Waals surface area (Å²) in [6.07, 6.45) is 1.15. The molecule has 2 rings (SSSR count). The molecule has 102 valence electrons. The summed E-state index contributed by atoms with van der Waals surface area (Å²) in [7, 11) is 0. The van der Waals surface area contributed by atoms with Crippen molar-refractivity contribution in [2.45, 2.75) is 19.3 Å². The van der Waals surface area contributed by atoms with Gasteiger partial charge in [-0.25, -0.2) is 4.79 Å². The van der Waals surface area contributed by atoms with Crippen molar-refractivity contribution in [3.8, 4) is 5.75 Å². The van der Waals surface area contributed by atoms with E-state index in [1.54, 1.807) is 12.1 Å². The van der Waals surface area contributed by atoms with Crippen LogP contribution >= 0.6 is 0 Å². The van der Waals surface area contributed by atoms with E-state index in [0.717, 1.165) is 6.08 Å². The van der Waals surface area contributed by atoms with Gasteiger partial charge in [0.2, 0.25) is 0 Å². The molecule has 0 aliphatic carbocycles. The number of esters is 1. The van der Waals surface area contributed by atoms with Gasteiger partial charge in [-0.2, -0.15) is 0 Å². The highest BCUT2D eigenvalue weighted by atomic mass is 16.5. The normalized spacial score (nSPS) is 10.9. The largest absolute Gasteiger partial charge is 0.423 e. The van der Waals surface area contributed by atoms with E-state index < -0.39 is 5.97 Å². The summed E-state index contributed by atoms with van der Waals surface area (Å²) in [4.78, 5) is 11.1. The molecule has 0 bridgehead atoms. The molecule has 0 amide bonds. The van der Waals surface area contributed by atoms with Crippen LogP contribution in [0, 0.1) is 0 Å². The number of ether oxygens (including phenoxy) is 1. The maximum atomic E-state index is 11.1. The molecule has 2 heteroatoms. The van der Waals surface area contributed by atoms with Gasteiger partial charge in [0.15, 0.2) is 0 Å². The summed E-state index contributed by atoms with van der Waals surface area (Å²) in [6.45, 7) is 7.73.